The first-order chi connectivity index (χ1) is 12.3. The van der Waals surface area contributed by atoms with Crippen molar-refractivity contribution in [2.24, 2.45) is 0 Å². The number of benzene rings is 1. The molecule has 3 heterocycles. The van der Waals surface area contributed by atoms with E-state index in [4.69, 9.17) is 0 Å². The van der Waals surface area contributed by atoms with Crippen molar-refractivity contribution in [1.29, 1.82) is 0 Å². The van der Waals surface area contributed by atoms with Gasteiger partial charge < -0.3 is 5.11 Å². The topological polar surface area (TPSA) is 58.9 Å². The maximum atomic E-state index is 10.6. The van der Waals surface area contributed by atoms with Crippen LogP contribution in [0.3, 0.4) is 0 Å². The number of hydrogen-bond acceptors (Lipinski definition) is 4. The summed E-state index contributed by atoms with van der Waals surface area (Å²) in [4.78, 5) is 13.4. The molecule has 0 saturated heterocycles. The van der Waals surface area contributed by atoms with E-state index < -0.39 is 0 Å². The van der Waals surface area contributed by atoms with E-state index in [-0.39, 0.29) is 5.75 Å². The van der Waals surface area contributed by atoms with Gasteiger partial charge in [-0.1, -0.05) is 42.5 Å². The third-order valence-corrected chi connectivity index (χ3v) is 3.95. The largest absolute Gasteiger partial charge is 0.506 e. The molecule has 0 amide bonds. The number of aromatic nitrogens is 3. The third-order valence-electron chi connectivity index (χ3n) is 3.95. The summed E-state index contributed by atoms with van der Waals surface area (Å²) in [6.45, 7) is 0. The molecule has 0 spiro atoms. The average Bonchev–Trinajstić information content (AvgIpc) is 2.70. The van der Waals surface area contributed by atoms with Gasteiger partial charge in [-0.2, -0.15) is 0 Å². The standard InChI is InChI=1S/C21H15N3O/c25-18-14-24-21(17-11-5-7-13-23-17)20(16-10-4-6-12-22-16)19(18)15-8-2-1-3-9-15/h1-14,25H. The molecule has 0 aliphatic carbocycles. The number of pyridine rings is 3. The lowest BCUT2D eigenvalue weighted by Crippen LogP contribution is -1.97. The molecule has 0 bridgehead atoms. The minimum absolute atomic E-state index is 0.117. The van der Waals surface area contributed by atoms with Gasteiger partial charge in [0.2, 0.25) is 0 Å². The highest BCUT2D eigenvalue weighted by atomic mass is 16.3. The lowest BCUT2D eigenvalue weighted by Gasteiger charge is -2.15. The minimum Gasteiger partial charge on any atom is -0.506 e. The van der Waals surface area contributed by atoms with Gasteiger partial charge in [-0.15, -0.1) is 0 Å². The summed E-state index contributed by atoms with van der Waals surface area (Å²) >= 11 is 0. The zero-order valence-electron chi connectivity index (χ0n) is 13.4. The number of aromatic hydroxyl groups is 1. The Kier molecular flexibility index (Phi) is 3.92. The van der Waals surface area contributed by atoms with E-state index in [0.717, 1.165) is 22.5 Å². The van der Waals surface area contributed by atoms with Gasteiger partial charge in [-0.05, 0) is 29.8 Å². The quantitative estimate of drug-likeness (QED) is 0.599. The highest BCUT2D eigenvalue weighted by Gasteiger charge is 2.20. The van der Waals surface area contributed by atoms with Gasteiger partial charge in [0.15, 0.2) is 0 Å². The molecule has 0 unspecified atom stereocenters. The molecule has 0 aliphatic heterocycles. The molecule has 4 aromatic rings. The summed E-state index contributed by atoms with van der Waals surface area (Å²) in [5.41, 5.74) is 4.54. The van der Waals surface area contributed by atoms with Crippen molar-refractivity contribution in [2.45, 2.75) is 0 Å². The van der Waals surface area contributed by atoms with Crippen molar-refractivity contribution in [3.63, 3.8) is 0 Å². The summed E-state index contributed by atoms with van der Waals surface area (Å²) in [6, 6.07) is 21.1. The van der Waals surface area contributed by atoms with Crippen LogP contribution in [-0.2, 0) is 0 Å². The molecule has 1 N–H and O–H groups in total. The van der Waals surface area contributed by atoms with Gasteiger partial charge in [0.05, 0.1) is 23.3 Å². The Morgan fingerprint density at radius 3 is 1.88 bits per heavy atom. The number of hydrogen-bond donors (Lipinski definition) is 1. The molecule has 4 heteroatoms. The molecule has 3 aromatic heterocycles. The highest BCUT2D eigenvalue weighted by molar-refractivity contribution is 5.93. The summed E-state index contributed by atoms with van der Waals surface area (Å²) in [5.74, 6) is 0.117. The molecular formula is C21H15N3O. The van der Waals surface area contributed by atoms with Crippen molar-refractivity contribution in [1.82, 2.24) is 15.0 Å². The Morgan fingerprint density at radius 2 is 1.24 bits per heavy atom. The number of rotatable bonds is 3. The summed E-state index contributed by atoms with van der Waals surface area (Å²) in [6.07, 6.45) is 4.93. The first-order valence-corrected chi connectivity index (χ1v) is 7.95. The lowest BCUT2D eigenvalue weighted by molar-refractivity contribution is 0.475. The van der Waals surface area contributed by atoms with Crippen LogP contribution in [0, 0.1) is 0 Å². The smallest absolute Gasteiger partial charge is 0.142 e. The fourth-order valence-corrected chi connectivity index (χ4v) is 2.86. The zero-order valence-corrected chi connectivity index (χ0v) is 13.4. The third kappa shape index (κ3) is 2.85. The molecule has 0 fully saturated rings. The molecule has 1 aromatic carbocycles. The average molecular weight is 325 g/mol. The van der Waals surface area contributed by atoms with Gasteiger partial charge in [0.25, 0.3) is 0 Å². The first-order valence-electron chi connectivity index (χ1n) is 7.95. The first kappa shape index (κ1) is 15.0. The lowest BCUT2D eigenvalue weighted by atomic mass is 9.94. The van der Waals surface area contributed by atoms with Crippen molar-refractivity contribution in [3.05, 3.63) is 85.3 Å². The van der Waals surface area contributed by atoms with Crippen molar-refractivity contribution in [2.75, 3.05) is 0 Å². The molecule has 0 radical (unpaired) electrons. The van der Waals surface area contributed by atoms with Crippen LogP contribution in [0.1, 0.15) is 0 Å². The molecular weight excluding hydrogens is 310 g/mol. The maximum Gasteiger partial charge on any atom is 0.142 e. The monoisotopic (exact) mass is 325 g/mol. The fraction of sp³-hybridized carbons (Fsp3) is 0. The van der Waals surface area contributed by atoms with E-state index in [0.29, 0.717) is 11.3 Å². The van der Waals surface area contributed by atoms with Crippen LogP contribution in [0.5, 0.6) is 5.75 Å². The Hall–Kier alpha value is -3.53. The molecule has 0 aliphatic rings. The van der Waals surface area contributed by atoms with E-state index in [2.05, 4.69) is 15.0 Å². The van der Waals surface area contributed by atoms with Crippen molar-refractivity contribution in [3.8, 4) is 39.5 Å². The van der Waals surface area contributed by atoms with E-state index in [1.54, 1.807) is 12.4 Å². The molecule has 4 nitrogen and oxygen atoms in total. The van der Waals surface area contributed by atoms with E-state index >= 15 is 0 Å². The van der Waals surface area contributed by atoms with Gasteiger partial charge in [0, 0.05) is 23.5 Å². The van der Waals surface area contributed by atoms with E-state index in [1.807, 2.05) is 66.7 Å². The zero-order chi connectivity index (χ0) is 17.1. The predicted octanol–water partition coefficient (Wildman–Crippen LogP) is 4.58. The summed E-state index contributed by atoms with van der Waals surface area (Å²) in [7, 11) is 0. The Bertz CT molecular complexity index is 988. The van der Waals surface area contributed by atoms with Crippen molar-refractivity contribution < 1.29 is 5.11 Å². The molecule has 4 rings (SSSR count). The maximum absolute atomic E-state index is 10.6. The van der Waals surface area contributed by atoms with Crippen LogP contribution in [0.25, 0.3) is 33.8 Å². The molecule has 25 heavy (non-hydrogen) atoms. The Balaban J connectivity index is 2.08. The van der Waals surface area contributed by atoms with Crippen LogP contribution in [0.2, 0.25) is 0 Å². The van der Waals surface area contributed by atoms with Crippen LogP contribution in [0.4, 0.5) is 0 Å². The summed E-state index contributed by atoms with van der Waals surface area (Å²) in [5, 5.41) is 10.6. The van der Waals surface area contributed by atoms with Crippen LogP contribution < -0.4 is 0 Å². The van der Waals surface area contributed by atoms with Crippen LogP contribution in [-0.4, -0.2) is 20.1 Å². The Labute approximate surface area is 145 Å². The van der Waals surface area contributed by atoms with Gasteiger partial charge in [-0.25, -0.2) is 4.98 Å². The molecule has 120 valence electrons. The molecule has 0 atom stereocenters. The van der Waals surface area contributed by atoms with Gasteiger partial charge in [-0.3, -0.25) is 9.97 Å². The van der Waals surface area contributed by atoms with E-state index in [9.17, 15) is 5.11 Å². The fourth-order valence-electron chi connectivity index (χ4n) is 2.86. The normalized spacial score (nSPS) is 10.6. The van der Waals surface area contributed by atoms with Gasteiger partial charge in [0.1, 0.15) is 5.75 Å². The van der Waals surface area contributed by atoms with Crippen LogP contribution >= 0.6 is 0 Å². The highest BCUT2D eigenvalue weighted by Crippen LogP contribution is 2.42. The number of nitrogens with zero attached hydrogens (tertiary/aromatic N) is 3. The second kappa shape index (κ2) is 6.53. The van der Waals surface area contributed by atoms with E-state index in [1.165, 1.54) is 6.20 Å². The van der Waals surface area contributed by atoms with Gasteiger partial charge >= 0.3 is 0 Å². The molecule has 0 saturated carbocycles. The predicted molar refractivity (Wildman–Crippen MR) is 97.8 cm³/mol. The second-order valence-electron chi connectivity index (χ2n) is 5.54. The van der Waals surface area contributed by atoms with Crippen LogP contribution in [0.15, 0.2) is 85.3 Å². The SMILES string of the molecule is Oc1cnc(-c2ccccn2)c(-c2ccccn2)c1-c1ccccc1. The minimum atomic E-state index is 0.117. The van der Waals surface area contributed by atoms with Crippen molar-refractivity contribution >= 4 is 0 Å². The summed E-state index contributed by atoms with van der Waals surface area (Å²) < 4.78 is 0. The second-order valence-corrected chi connectivity index (χ2v) is 5.54. The Morgan fingerprint density at radius 1 is 0.600 bits per heavy atom.